The first kappa shape index (κ1) is 39.5. The number of cyclic esters (lactones) is 2. The zero-order valence-corrected chi connectivity index (χ0v) is 29.5. The molecule has 51 heavy (non-hydrogen) atoms. The highest BCUT2D eigenvalue weighted by Gasteiger charge is 2.34. The van der Waals surface area contributed by atoms with Crippen LogP contribution in [-0.4, -0.2) is 114 Å². The summed E-state index contributed by atoms with van der Waals surface area (Å²) in [6.07, 6.45) is -0.983. The SMILES string of the molecule is CCC(=O)Cl.CCC(=O)NC[C@H]1CN(c2ccc(N3CCOCC3)c(F)c2)C(=O)O1.NC[C@H]1CN(c2ccc(N3CCOCC3)c(F)c2)C(=O)O1. The number of hydrogen-bond donors (Lipinski definition) is 2. The number of hydrogen-bond acceptors (Lipinski definition) is 11. The van der Waals surface area contributed by atoms with E-state index in [1.165, 1.54) is 21.9 Å². The van der Waals surface area contributed by atoms with Crippen LogP contribution < -0.4 is 30.7 Å². The third kappa shape index (κ3) is 11.1. The molecule has 14 nitrogen and oxygen atoms in total. The molecule has 4 saturated heterocycles. The molecule has 0 aliphatic carbocycles. The molecular formula is C34H45ClF2N6O8. The van der Waals surface area contributed by atoms with Gasteiger partial charge in [-0.25, -0.2) is 18.4 Å². The predicted molar refractivity (Wildman–Crippen MR) is 188 cm³/mol. The number of nitrogens with zero attached hydrogens (tertiary/aromatic N) is 4. The van der Waals surface area contributed by atoms with E-state index in [-0.39, 0.29) is 48.5 Å². The molecule has 6 rings (SSSR count). The molecule has 0 unspecified atom stereocenters. The fraction of sp³-hybridized carbons (Fsp3) is 0.529. The normalized spacial score (nSPS) is 20.1. The van der Waals surface area contributed by atoms with Crippen LogP contribution >= 0.6 is 11.6 Å². The molecule has 4 aliphatic rings. The highest BCUT2D eigenvalue weighted by molar-refractivity contribution is 6.63. The predicted octanol–water partition coefficient (Wildman–Crippen LogP) is 3.62. The van der Waals surface area contributed by atoms with E-state index in [0.29, 0.717) is 94.7 Å². The summed E-state index contributed by atoms with van der Waals surface area (Å²) in [5.41, 5.74) is 7.47. The number of halogens is 3. The van der Waals surface area contributed by atoms with Crippen molar-refractivity contribution in [1.82, 2.24) is 5.32 Å². The van der Waals surface area contributed by atoms with Crippen molar-refractivity contribution >= 4 is 57.7 Å². The van der Waals surface area contributed by atoms with Gasteiger partial charge in [0.2, 0.25) is 11.1 Å². The number of ether oxygens (including phenoxy) is 4. The molecule has 2 aromatic rings. The zero-order chi connectivity index (χ0) is 36.9. The number of nitrogens with one attached hydrogen (secondary N) is 1. The molecule has 3 amide bonds. The van der Waals surface area contributed by atoms with Gasteiger partial charge in [0.05, 0.1) is 68.8 Å². The van der Waals surface area contributed by atoms with Crippen LogP contribution in [0.2, 0.25) is 0 Å². The third-order valence-electron chi connectivity index (χ3n) is 8.33. The Kier molecular flexibility index (Phi) is 15.0. The van der Waals surface area contributed by atoms with Gasteiger partial charge in [-0.3, -0.25) is 19.4 Å². The maximum Gasteiger partial charge on any atom is 0.414 e. The number of benzene rings is 2. The van der Waals surface area contributed by atoms with E-state index >= 15 is 0 Å². The topological polar surface area (TPSA) is 156 Å². The molecule has 2 atom stereocenters. The second kappa shape index (κ2) is 19.4. The molecule has 0 saturated carbocycles. The Morgan fingerprint density at radius 2 is 1.22 bits per heavy atom. The van der Waals surface area contributed by atoms with E-state index < -0.39 is 18.3 Å². The minimum atomic E-state index is -0.533. The lowest BCUT2D eigenvalue weighted by Gasteiger charge is -2.29. The minimum absolute atomic E-state index is 0.101. The summed E-state index contributed by atoms with van der Waals surface area (Å²) in [6, 6.07) is 9.52. The number of carbonyl (C=O) groups excluding carboxylic acids is 4. The monoisotopic (exact) mass is 738 g/mol. The number of rotatable bonds is 9. The first-order chi connectivity index (χ1) is 24.5. The van der Waals surface area contributed by atoms with Gasteiger partial charge in [0, 0.05) is 45.6 Å². The Balaban J connectivity index is 0.000000204. The largest absolute Gasteiger partial charge is 0.443 e. The van der Waals surface area contributed by atoms with Crippen molar-refractivity contribution in [2.75, 3.05) is 98.4 Å². The summed E-state index contributed by atoms with van der Waals surface area (Å²) in [6.45, 7) is 9.56. The van der Waals surface area contributed by atoms with Crippen molar-refractivity contribution in [3.63, 3.8) is 0 Å². The Bertz CT molecular complexity index is 1510. The lowest BCUT2D eigenvalue weighted by Crippen LogP contribution is -2.36. The molecular weight excluding hydrogens is 694 g/mol. The highest BCUT2D eigenvalue weighted by atomic mass is 35.5. The van der Waals surface area contributed by atoms with Gasteiger partial charge in [-0.05, 0) is 48.0 Å². The van der Waals surface area contributed by atoms with Crippen LogP contribution in [0.1, 0.15) is 26.7 Å². The van der Waals surface area contributed by atoms with Gasteiger partial charge in [0.25, 0.3) is 0 Å². The standard InChI is InChI=1S/C17H22FN3O4.C14H18FN3O3.C3H5ClO/c1-2-16(22)19-10-13-11-21(17(23)25-13)12-3-4-15(14(18)9-12)20-5-7-24-8-6-20;15-12-7-10(18-9-11(8-16)21-14(18)19)1-2-13(12)17-3-5-20-6-4-17;1-2-3(4)5/h3-4,9,13H,2,5-8,10-11H2,1H3,(H,19,22);1-2,7,11H,3-6,8-9,16H2;2H2,1H3/t13-;11-;/m00./s1. The number of amides is 3. The molecule has 2 aromatic carbocycles. The summed E-state index contributed by atoms with van der Waals surface area (Å²) in [4.78, 5) is 51.3. The highest BCUT2D eigenvalue weighted by Crippen LogP contribution is 2.29. The lowest BCUT2D eigenvalue weighted by atomic mass is 10.2. The Morgan fingerprint density at radius 1 is 0.784 bits per heavy atom. The zero-order valence-electron chi connectivity index (χ0n) is 28.8. The first-order valence-corrected chi connectivity index (χ1v) is 17.3. The summed E-state index contributed by atoms with van der Waals surface area (Å²) in [7, 11) is 0. The number of morpholine rings is 2. The molecule has 280 valence electrons. The van der Waals surface area contributed by atoms with E-state index in [1.807, 2.05) is 9.80 Å². The van der Waals surface area contributed by atoms with Crippen molar-refractivity contribution in [2.45, 2.75) is 38.9 Å². The van der Waals surface area contributed by atoms with Gasteiger partial charge in [0.1, 0.15) is 23.8 Å². The minimum Gasteiger partial charge on any atom is -0.443 e. The van der Waals surface area contributed by atoms with Crippen molar-refractivity contribution in [2.24, 2.45) is 5.73 Å². The second-order valence-electron chi connectivity index (χ2n) is 11.8. The molecule has 4 aliphatic heterocycles. The molecule has 4 heterocycles. The fourth-order valence-electron chi connectivity index (χ4n) is 5.50. The molecule has 0 spiro atoms. The van der Waals surface area contributed by atoms with Gasteiger partial charge in [0.15, 0.2) is 0 Å². The second-order valence-corrected chi connectivity index (χ2v) is 12.2. The summed E-state index contributed by atoms with van der Waals surface area (Å²) >= 11 is 4.82. The maximum atomic E-state index is 14.5. The number of carbonyl (C=O) groups is 4. The van der Waals surface area contributed by atoms with Gasteiger partial charge in [-0.1, -0.05) is 13.8 Å². The molecule has 0 aromatic heterocycles. The summed E-state index contributed by atoms with van der Waals surface area (Å²) in [5.74, 6) is -0.830. The first-order valence-electron chi connectivity index (χ1n) is 16.9. The van der Waals surface area contributed by atoms with Crippen molar-refractivity contribution in [3.05, 3.63) is 48.0 Å². The van der Waals surface area contributed by atoms with Crippen LogP contribution in [0.25, 0.3) is 0 Å². The van der Waals surface area contributed by atoms with Crippen LogP contribution in [-0.2, 0) is 28.5 Å². The Labute approximate surface area is 300 Å². The van der Waals surface area contributed by atoms with Crippen molar-refractivity contribution in [1.29, 1.82) is 0 Å². The van der Waals surface area contributed by atoms with E-state index in [1.54, 1.807) is 38.1 Å². The van der Waals surface area contributed by atoms with Crippen LogP contribution in [0.15, 0.2) is 36.4 Å². The fourth-order valence-corrected chi connectivity index (χ4v) is 5.50. The molecule has 4 fully saturated rings. The van der Waals surface area contributed by atoms with Crippen LogP contribution in [0, 0.1) is 11.6 Å². The van der Waals surface area contributed by atoms with Gasteiger partial charge in [-0.2, -0.15) is 0 Å². The van der Waals surface area contributed by atoms with E-state index in [4.69, 9.17) is 36.3 Å². The van der Waals surface area contributed by atoms with Crippen molar-refractivity contribution in [3.8, 4) is 0 Å². The molecule has 0 radical (unpaired) electrons. The Morgan fingerprint density at radius 3 is 1.59 bits per heavy atom. The Hall–Kier alpha value is -4.25. The van der Waals surface area contributed by atoms with Gasteiger partial charge in [-0.15, -0.1) is 0 Å². The van der Waals surface area contributed by atoms with Gasteiger partial charge >= 0.3 is 12.2 Å². The van der Waals surface area contributed by atoms with E-state index in [9.17, 15) is 28.0 Å². The quantitative estimate of drug-likeness (QED) is 0.363. The van der Waals surface area contributed by atoms with Crippen LogP contribution in [0.4, 0.5) is 41.1 Å². The molecule has 3 N–H and O–H groups in total. The van der Waals surface area contributed by atoms with Crippen LogP contribution in [0.3, 0.4) is 0 Å². The van der Waals surface area contributed by atoms with Crippen LogP contribution in [0.5, 0.6) is 0 Å². The summed E-state index contributed by atoms with van der Waals surface area (Å²) in [5, 5.41) is 2.42. The van der Waals surface area contributed by atoms with Crippen molar-refractivity contribution < 1.29 is 46.9 Å². The average Bonchev–Trinajstić information content (AvgIpc) is 3.72. The van der Waals surface area contributed by atoms with Gasteiger partial charge < -0.3 is 39.8 Å². The van der Waals surface area contributed by atoms with E-state index in [2.05, 4.69) is 5.32 Å². The average molecular weight is 739 g/mol. The lowest BCUT2D eigenvalue weighted by molar-refractivity contribution is -0.121. The number of nitrogens with two attached hydrogens (primary N) is 1. The smallest absolute Gasteiger partial charge is 0.414 e. The summed E-state index contributed by atoms with van der Waals surface area (Å²) < 4.78 is 49.6. The maximum absolute atomic E-state index is 14.5. The molecule has 17 heteroatoms. The molecule has 0 bridgehead atoms. The third-order valence-corrected chi connectivity index (χ3v) is 8.59. The van der Waals surface area contributed by atoms with E-state index in [0.717, 1.165) is 0 Å². The number of anilines is 4.